The molecule has 35 heavy (non-hydrogen) atoms. The minimum Gasteiger partial charge on any atom is -0.342 e. The summed E-state index contributed by atoms with van der Waals surface area (Å²) in [4.78, 5) is 31.4. The smallest absolute Gasteiger partial charge is 0.246 e. The molecule has 4 rings (SSSR count). The standard InChI is InChI=1S/C28H47N5O2/c1-6-7-15-32-26(34)25(18-20(2)3)29-27(35)28(32)13-16-31(17-14-28)19-24-21(4)30-33(22(24)5)23-11-9-8-10-12-23/h20,23,25H,6-19H2,1-5H3,(H,29,35)/t25-/m0/s1. The van der Waals surface area contributed by atoms with Crippen LogP contribution in [-0.2, 0) is 16.1 Å². The summed E-state index contributed by atoms with van der Waals surface area (Å²) in [6.07, 6.45) is 10.5. The van der Waals surface area contributed by atoms with E-state index in [1.54, 1.807) is 0 Å². The van der Waals surface area contributed by atoms with Crippen LogP contribution in [0.5, 0.6) is 0 Å². The minimum absolute atomic E-state index is 0.0657. The van der Waals surface area contributed by atoms with Crippen LogP contribution in [0.2, 0.25) is 0 Å². The topological polar surface area (TPSA) is 70.5 Å². The number of hydrogen-bond donors (Lipinski definition) is 1. The molecule has 1 spiro atoms. The average Bonchev–Trinajstić information content (AvgIpc) is 3.12. The third kappa shape index (κ3) is 5.30. The Bertz CT molecular complexity index is 893. The van der Waals surface area contributed by atoms with Crippen LogP contribution in [0.1, 0.15) is 108 Å². The first kappa shape index (κ1) is 26.2. The van der Waals surface area contributed by atoms with Gasteiger partial charge in [0.1, 0.15) is 11.6 Å². The maximum absolute atomic E-state index is 13.5. The van der Waals surface area contributed by atoms with Gasteiger partial charge in [0, 0.05) is 37.4 Å². The molecule has 1 saturated carbocycles. The number of nitrogens with one attached hydrogen (secondary N) is 1. The SMILES string of the molecule is CCCCN1C(=O)[C@H](CC(C)C)NC(=O)C12CCN(Cc1c(C)nn(C3CCCCC3)c1C)CC2. The molecular weight excluding hydrogens is 438 g/mol. The molecule has 3 aliphatic rings. The highest BCUT2D eigenvalue weighted by Gasteiger charge is 2.53. The lowest BCUT2D eigenvalue weighted by atomic mass is 9.80. The van der Waals surface area contributed by atoms with Crippen LogP contribution in [0.3, 0.4) is 0 Å². The molecule has 1 aliphatic carbocycles. The summed E-state index contributed by atoms with van der Waals surface area (Å²) < 4.78 is 2.30. The summed E-state index contributed by atoms with van der Waals surface area (Å²) in [6, 6.07) is 0.169. The number of nitrogens with zero attached hydrogens (tertiary/aromatic N) is 4. The first-order chi connectivity index (χ1) is 16.8. The highest BCUT2D eigenvalue weighted by molar-refractivity contribution is 6.00. The van der Waals surface area contributed by atoms with E-state index in [0.717, 1.165) is 38.2 Å². The molecule has 196 valence electrons. The summed E-state index contributed by atoms with van der Waals surface area (Å²) >= 11 is 0. The van der Waals surface area contributed by atoms with Crippen molar-refractivity contribution in [1.82, 2.24) is 24.9 Å². The second-order valence-corrected chi connectivity index (χ2v) is 11.7. The summed E-state index contributed by atoms with van der Waals surface area (Å²) in [7, 11) is 0. The molecule has 0 unspecified atom stereocenters. The van der Waals surface area contributed by atoms with Gasteiger partial charge in [-0.2, -0.15) is 5.10 Å². The summed E-state index contributed by atoms with van der Waals surface area (Å²) in [5.74, 6) is 0.561. The monoisotopic (exact) mass is 485 g/mol. The largest absolute Gasteiger partial charge is 0.342 e. The molecule has 7 nitrogen and oxygen atoms in total. The molecule has 2 amide bonds. The van der Waals surface area contributed by atoms with Gasteiger partial charge in [-0.25, -0.2) is 0 Å². The first-order valence-corrected chi connectivity index (χ1v) is 14.2. The summed E-state index contributed by atoms with van der Waals surface area (Å²) in [5.41, 5.74) is 3.10. The number of carbonyl (C=O) groups is 2. The lowest BCUT2D eigenvalue weighted by Gasteiger charge is -2.52. The van der Waals surface area contributed by atoms with Crippen molar-refractivity contribution in [1.29, 1.82) is 0 Å². The van der Waals surface area contributed by atoms with E-state index in [1.165, 1.54) is 43.4 Å². The Morgan fingerprint density at radius 1 is 1.09 bits per heavy atom. The molecule has 0 radical (unpaired) electrons. The van der Waals surface area contributed by atoms with Crippen molar-refractivity contribution >= 4 is 11.8 Å². The van der Waals surface area contributed by atoms with Crippen molar-refractivity contribution < 1.29 is 9.59 Å². The number of amides is 2. The van der Waals surface area contributed by atoms with Crippen molar-refractivity contribution in [3.8, 4) is 0 Å². The molecule has 3 heterocycles. The first-order valence-electron chi connectivity index (χ1n) is 14.2. The van der Waals surface area contributed by atoms with Gasteiger partial charge in [0.25, 0.3) is 0 Å². The summed E-state index contributed by atoms with van der Waals surface area (Å²) in [5, 5.41) is 8.08. The van der Waals surface area contributed by atoms with Gasteiger partial charge in [-0.1, -0.05) is 46.5 Å². The minimum atomic E-state index is -0.688. The van der Waals surface area contributed by atoms with Crippen LogP contribution in [0.4, 0.5) is 0 Å². The number of rotatable bonds is 8. The molecule has 1 aromatic heterocycles. The zero-order chi connectivity index (χ0) is 25.2. The van der Waals surface area contributed by atoms with Crippen molar-refractivity contribution in [2.24, 2.45) is 5.92 Å². The molecule has 1 N–H and O–H groups in total. The molecule has 0 aromatic carbocycles. The molecule has 2 aliphatic heterocycles. The van der Waals surface area contributed by atoms with Crippen LogP contribution in [0.25, 0.3) is 0 Å². The fourth-order valence-electron chi connectivity index (χ4n) is 6.56. The Morgan fingerprint density at radius 3 is 2.40 bits per heavy atom. The van der Waals surface area contributed by atoms with E-state index in [0.29, 0.717) is 37.8 Å². The van der Waals surface area contributed by atoms with Gasteiger partial charge in [0.2, 0.25) is 11.8 Å². The third-order valence-corrected chi connectivity index (χ3v) is 8.71. The molecule has 1 atom stereocenters. The number of carbonyl (C=O) groups excluding carboxylic acids is 2. The second-order valence-electron chi connectivity index (χ2n) is 11.7. The molecule has 0 bridgehead atoms. The van der Waals surface area contributed by atoms with Crippen LogP contribution < -0.4 is 5.32 Å². The number of unbranched alkanes of at least 4 members (excludes halogenated alkanes) is 1. The molecular formula is C28H47N5O2. The molecule has 3 fully saturated rings. The average molecular weight is 486 g/mol. The van der Waals surface area contributed by atoms with E-state index in [4.69, 9.17) is 5.10 Å². The highest BCUT2D eigenvalue weighted by atomic mass is 16.2. The lowest BCUT2D eigenvalue weighted by molar-refractivity contribution is -0.161. The zero-order valence-corrected chi connectivity index (χ0v) is 22.7. The van der Waals surface area contributed by atoms with Gasteiger partial charge in [-0.05, 0) is 58.3 Å². The Morgan fingerprint density at radius 2 is 1.77 bits per heavy atom. The van der Waals surface area contributed by atoms with Gasteiger partial charge in [-0.15, -0.1) is 0 Å². The van der Waals surface area contributed by atoms with Crippen molar-refractivity contribution in [2.45, 2.75) is 123 Å². The number of piperazine rings is 1. The Hall–Kier alpha value is -1.89. The van der Waals surface area contributed by atoms with Crippen LogP contribution >= 0.6 is 0 Å². The van der Waals surface area contributed by atoms with E-state index >= 15 is 0 Å². The summed E-state index contributed by atoms with van der Waals surface area (Å²) in [6.45, 7) is 13.9. The lowest BCUT2D eigenvalue weighted by Crippen LogP contribution is -2.73. The van der Waals surface area contributed by atoms with Gasteiger partial charge in [-0.3, -0.25) is 19.2 Å². The van der Waals surface area contributed by atoms with E-state index in [9.17, 15) is 9.59 Å². The maximum Gasteiger partial charge on any atom is 0.246 e. The Kier molecular flexibility index (Phi) is 8.24. The molecule has 1 aromatic rings. The number of piperidine rings is 1. The predicted octanol–water partition coefficient (Wildman–Crippen LogP) is 4.51. The second kappa shape index (κ2) is 11.0. The van der Waals surface area contributed by atoms with Crippen molar-refractivity contribution in [2.75, 3.05) is 19.6 Å². The number of hydrogen-bond acceptors (Lipinski definition) is 4. The number of aryl methyl sites for hydroxylation is 1. The van der Waals surface area contributed by atoms with Crippen molar-refractivity contribution in [3.05, 3.63) is 17.0 Å². The Labute approximate surface area is 212 Å². The Balaban J connectivity index is 1.46. The zero-order valence-electron chi connectivity index (χ0n) is 22.7. The molecule has 2 saturated heterocycles. The van der Waals surface area contributed by atoms with E-state index < -0.39 is 5.54 Å². The number of likely N-dealkylation sites (tertiary alicyclic amines) is 1. The predicted molar refractivity (Wildman–Crippen MR) is 139 cm³/mol. The van der Waals surface area contributed by atoms with Gasteiger partial charge in [0.15, 0.2) is 0 Å². The number of aromatic nitrogens is 2. The van der Waals surface area contributed by atoms with E-state index in [2.05, 4.69) is 49.5 Å². The van der Waals surface area contributed by atoms with Crippen molar-refractivity contribution in [3.63, 3.8) is 0 Å². The van der Waals surface area contributed by atoms with Gasteiger partial charge >= 0.3 is 0 Å². The quantitative estimate of drug-likeness (QED) is 0.588. The van der Waals surface area contributed by atoms with E-state index in [-0.39, 0.29) is 17.9 Å². The van der Waals surface area contributed by atoms with Gasteiger partial charge in [0.05, 0.1) is 11.7 Å². The highest BCUT2D eigenvalue weighted by Crippen LogP contribution is 2.36. The van der Waals surface area contributed by atoms with Crippen LogP contribution in [0.15, 0.2) is 0 Å². The maximum atomic E-state index is 13.5. The van der Waals surface area contributed by atoms with Crippen LogP contribution in [0, 0.1) is 19.8 Å². The molecule has 7 heteroatoms. The van der Waals surface area contributed by atoms with E-state index in [1.807, 2.05) is 4.90 Å². The fraction of sp³-hybridized carbons (Fsp3) is 0.821. The van der Waals surface area contributed by atoms with Gasteiger partial charge < -0.3 is 10.2 Å². The van der Waals surface area contributed by atoms with Crippen LogP contribution in [-0.4, -0.2) is 62.6 Å². The third-order valence-electron chi connectivity index (χ3n) is 8.71. The fourth-order valence-corrected chi connectivity index (χ4v) is 6.56. The normalized spacial score (nSPS) is 23.9.